The summed E-state index contributed by atoms with van der Waals surface area (Å²) in [5.41, 5.74) is 1.10. The molecule has 2 rings (SSSR count). The van der Waals surface area contributed by atoms with Gasteiger partial charge in [0.15, 0.2) is 0 Å². The SMILES string of the molecule is CCOC(=O)N(C)Cc1ccccc1OC(=O)c1ccc(Cl)cc1. The second-order valence-corrected chi connectivity index (χ2v) is 5.50. The number of esters is 1. The minimum Gasteiger partial charge on any atom is -0.450 e. The normalized spacial score (nSPS) is 10.1. The molecule has 5 nitrogen and oxygen atoms in total. The first kappa shape index (κ1) is 17.8. The lowest BCUT2D eigenvalue weighted by molar-refractivity contribution is 0.0732. The van der Waals surface area contributed by atoms with Crippen LogP contribution in [0.15, 0.2) is 48.5 Å². The van der Waals surface area contributed by atoms with Crippen LogP contribution in [0.25, 0.3) is 0 Å². The molecule has 0 spiro atoms. The zero-order chi connectivity index (χ0) is 17.5. The van der Waals surface area contributed by atoms with Gasteiger partial charge in [0.05, 0.1) is 18.7 Å². The van der Waals surface area contributed by atoms with E-state index in [2.05, 4.69) is 0 Å². The van der Waals surface area contributed by atoms with Gasteiger partial charge in [0.25, 0.3) is 0 Å². The average molecular weight is 348 g/mol. The average Bonchev–Trinajstić information content (AvgIpc) is 2.57. The highest BCUT2D eigenvalue weighted by Gasteiger charge is 2.15. The van der Waals surface area contributed by atoms with Gasteiger partial charge in [-0.05, 0) is 37.3 Å². The molecule has 0 heterocycles. The Balaban J connectivity index is 2.12. The number of halogens is 1. The fourth-order valence-corrected chi connectivity index (χ4v) is 2.16. The molecule has 2 aromatic carbocycles. The molecule has 0 radical (unpaired) electrons. The first-order chi connectivity index (χ1) is 11.5. The smallest absolute Gasteiger partial charge is 0.409 e. The third-order valence-electron chi connectivity index (χ3n) is 3.24. The van der Waals surface area contributed by atoms with Crippen LogP contribution in [0.3, 0.4) is 0 Å². The number of amides is 1. The van der Waals surface area contributed by atoms with Gasteiger partial charge in [-0.2, -0.15) is 0 Å². The van der Waals surface area contributed by atoms with Crippen LogP contribution >= 0.6 is 11.6 Å². The van der Waals surface area contributed by atoms with E-state index < -0.39 is 12.1 Å². The van der Waals surface area contributed by atoms with E-state index in [0.717, 1.165) is 0 Å². The Morgan fingerprint density at radius 1 is 1.08 bits per heavy atom. The lowest BCUT2D eigenvalue weighted by Gasteiger charge is -2.18. The minimum absolute atomic E-state index is 0.267. The molecule has 0 N–H and O–H groups in total. The summed E-state index contributed by atoms with van der Waals surface area (Å²) in [6.45, 7) is 2.31. The highest BCUT2D eigenvalue weighted by Crippen LogP contribution is 2.21. The molecular weight excluding hydrogens is 330 g/mol. The first-order valence-electron chi connectivity index (χ1n) is 7.44. The number of para-hydroxylation sites is 1. The van der Waals surface area contributed by atoms with Crippen molar-refractivity contribution in [1.29, 1.82) is 0 Å². The van der Waals surface area contributed by atoms with Gasteiger partial charge >= 0.3 is 12.1 Å². The van der Waals surface area contributed by atoms with Crippen molar-refractivity contribution >= 4 is 23.7 Å². The van der Waals surface area contributed by atoms with Crippen LogP contribution in [0.1, 0.15) is 22.8 Å². The zero-order valence-corrected chi connectivity index (χ0v) is 14.2. The van der Waals surface area contributed by atoms with Gasteiger partial charge in [-0.25, -0.2) is 9.59 Å². The third-order valence-corrected chi connectivity index (χ3v) is 3.49. The highest BCUT2D eigenvalue weighted by atomic mass is 35.5. The molecule has 0 saturated carbocycles. The lowest BCUT2D eigenvalue weighted by atomic mass is 10.2. The highest BCUT2D eigenvalue weighted by molar-refractivity contribution is 6.30. The first-order valence-corrected chi connectivity index (χ1v) is 7.82. The summed E-state index contributed by atoms with van der Waals surface area (Å²) in [5, 5.41) is 0.544. The molecule has 0 aliphatic rings. The van der Waals surface area contributed by atoms with E-state index in [1.165, 1.54) is 4.90 Å². The van der Waals surface area contributed by atoms with Crippen LogP contribution in [0.2, 0.25) is 5.02 Å². The molecule has 24 heavy (non-hydrogen) atoms. The van der Waals surface area contributed by atoms with Crippen LogP contribution in [0.5, 0.6) is 5.75 Å². The van der Waals surface area contributed by atoms with E-state index in [4.69, 9.17) is 21.1 Å². The van der Waals surface area contributed by atoms with E-state index in [-0.39, 0.29) is 6.54 Å². The minimum atomic E-state index is -0.488. The molecule has 0 aliphatic carbocycles. The van der Waals surface area contributed by atoms with E-state index in [9.17, 15) is 9.59 Å². The summed E-state index contributed by atoms with van der Waals surface area (Å²) in [4.78, 5) is 25.4. The summed E-state index contributed by atoms with van der Waals surface area (Å²) in [6, 6.07) is 13.5. The maximum atomic E-state index is 12.2. The number of rotatable bonds is 5. The van der Waals surface area contributed by atoms with Gasteiger partial charge in [-0.15, -0.1) is 0 Å². The second-order valence-electron chi connectivity index (χ2n) is 5.06. The van der Waals surface area contributed by atoms with Gasteiger partial charge in [0, 0.05) is 17.6 Å². The van der Waals surface area contributed by atoms with Crippen molar-refractivity contribution in [2.45, 2.75) is 13.5 Å². The molecule has 0 saturated heterocycles. The Morgan fingerprint density at radius 3 is 2.42 bits per heavy atom. The summed E-state index contributed by atoms with van der Waals surface area (Å²) >= 11 is 5.81. The molecule has 0 unspecified atom stereocenters. The van der Waals surface area contributed by atoms with Gasteiger partial charge in [-0.3, -0.25) is 0 Å². The van der Waals surface area contributed by atoms with Crippen LogP contribution in [-0.2, 0) is 11.3 Å². The Labute approximate surface area is 145 Å². The van der Waals surface area contributed by atoms with Crippen LogP contribution in [-0.4, -0.2) is 30.6 Å². The fraction of sp³-hybridized carbons (Fsp3) is 0.222. The topological polar surface area (TPSA) is 55.8 Å². The number of hydrogen-bond acceptors (Lipinski definition) is 4. The van der Waals surface area contributed by atoms with Crippen LogP contribution in [0.4, 0.5) is 4.79 Å². The summed E-state index contributed by atoms with van der Waals surface area (Å²) in [6.07, 6.45) is -0.434. The number of carbonyl (C=O) groups is 2. The number of carbonyl (C=O) groups excluding carboxylic acids is 2. The zero-order valence-electron chi connectivity index (χ0n) is 13.5. The second kappa shape index (κ2) is 8.36. The largest absolute Gasteiger partial charge is 0.450 e. The van der Waals surface area contributed by atoms with Crippen LogP contribution in [0, 0.1) is 0 Å². The molecule has 6 heteroatoms. The molecule has 0 bridgehead atoms. The predicted molar refractivity (Wildman–Crippen MR) is 91.3 cm³/mol. The lowest BCUT2D eigenvalue weighted by Crippen LogP contribution is -2.27. The fourth-order valence-electron chi connectivity index (χ4n) is 2.03. The van der Waals surface area contributed by atoms with Crippen molar-refractivity contribution in [3.63, 3.8) is 0 Å². The number of hydrogen-bond donors (Lipinski definition) is 0. The monoisotopic (exact) mass is 347 g/mol. The van der Waals surface area contributed by atoms with Gasteiger partial charge in [-0.1, -0.05) is 29.8 Å². The Bertz CT molecular complexity index is 715. The van der Waals surface area contributed by atoms with Crippen molar-refractivity contribution in [3.05, 3.63) is 64.7 Å². The van der Waals surface area contributed by atoms with E-state index >= 15 is 0 Å². The molecule has 2 aromatic rings. The maximum absolute atomic E-state index is 12.2. The quantitative estimate of drug-likeness (QED) is 0.602. The van der Waals surface area contributed by atoms with Crippen molar-refractivity contribution < 1.29 is 19.1 Å². The summed E-state index contributed by atoms with van der Waals surface area (Å²) in [7, 11) is 1.62. The molecule has 1 amide bonds. The Morgan fingerprint density at radius 2 is 1.75 bits per heavy atom. The molecule has 0 atom stereocenters. The maximum Gasteiger partial charge on any atom is 0.409 e. The number of ether oxygens (including phenoxy) is 2. The standard InChI is InChI=1S/C18H18ClNO4/c1-3-23-18(22)20(2)12-14-6-4-5-7-16(14)24-17(21)13-8-10-15(19)11-9-13/h4-11H,3,12H2,1-2H3. The van der Waals surface area contributed by atoms with Crippen molar-refractivity contribution in [2.24, 2.45) is 0 Å². The van der Waals surface area contributed by atoms with E-state index in [0.29, 0.717) is 28.5 Å². The van der Waals surface area contributed by atoms with Gasteiger partial charge in [0.1, 0.15) is 5.75 Å². The predicted octanol–water partition coefficient (Wildman–Crippen LogP) is 4.15. The molecule has 126 valence electrons. The molecule has 0 aromatic heterocycles. The molecule has 0 aliphatic heterocycles. The molecular formula is C18H18ClNO4. The van der Waals surface area contributed by atoms with Gasteiger partial charge < -0.3 is 14.4 Å². The summed E-state index contributed by atoms with van der Waals surface area (Å²) in [5.74, 6) is -0.0912. The third kappa shape index (κ3) is 4.73. The van der Waals surface area contributed by atoms with E-state index in [1.54, 1.807) is 56.4 Å². The van der Waals surface area contributed by atoms with Crippen LogP contribution < -0.4 is 4.74 Å². The van der Waals surface area contributed by atoms with Gasteiger partial charge in [0.2, 0.25) is 0 Å². The van der Waals surface area contributed by atoms with Crippen molar-refractivity contribution in [1.82, 2.24) is 4.90 Å². The molecule has 0 fully saturated rings. The number of nitrogens with zero attached hydrogens (tertiary/aromatic N) is 1. The Hall–Kier alpha value is -2.53. The number of benzene rings is 2. The Kier molecular flexibility index (Phi) is 6.21. The van der Waals surface area contributed by atoms with Crippen molar-refractivity contribution in [2.75, 3.05) is 13.7 Å². The van der Waals surface area contributed by atoms with E-state index in [1.807, 2.05) is 6.07 Å². The summed E-state index contributed by atoms with van der Waals surface area (Å²) < 4.78 is 10.4. The van der Waals surface area contributed by atoms with Crippen molar-refractivity contribution in [3.8, 4) is 5.75 Å².